The van der Waals surface area contributed by atoms with Gasteiger partial charge >= 0.3 is 0 Å². The van der Waals surface area contributed by atoms with E-state index < -0.39 is 28.9 Å². The number of benzene rings is 3. The minimum atomic E-state index is -2.06. The lowest BCUT2D eigenvalue weighted by molar-refractivity contribution is -0.486. The smallest absolute Gasteiger partial charge is 0.264 e. The van der Waals surface area contributed by atoms with E-state index >= 15 is 0 Å². The van der Waals surface area contributed by atoms with Crippen LogP contribution in [-0.4, -0.2) is 29.6 Å². The van der Waals surface area contributed by atoms with Crippen LogP contribution in [0.4, 0.5) is 5.69 Å². The maximum absolute atomic E-state index is 13.6. The zero-order chi connectivity index (χ0) is 22.0. The summed E-state index contributed by atoms with van der Waals surface area (Å²) in [6.07, 6.45) is 0. The van der Waals surface area contributed by atoms with Gasteiger partial charge in [0, 0.05) is 10.5 Å². The molecule has 31 heavy (non-hydrogen) atoms. The van der Waals surface area contributed by atoms with Crippen molar-refractivity contribution >= 4 is 11.6 Å². The number of fused-ring (bicyclic) bond motifs is 1. The van der Waals surface area contributed by atoms with Gasteiger partial charge in [0.15, 0.2) is 5.60 Å². The zero-order valence-electron chi connectivity index (χ0n) is 17.0. The number of anilines is 1. The molecule has 158 valence electrons. The Kier molecular flexibility index (Phi) is 5.44. The van der Waals surface area contributed by atoms with Gasteiger partial charge in [-0.25, -0.2) is 0 Å². The second-order valence-electron chi connectivity index (χ2n) is 7.50. The summed E-state index contributed by atoms with van der Waals surface area (Å²) in [5, 5.41) is 23.4. The number of methoxy groups -OCH3 is 1. The average molecular weight is 418 g/mol. The summed E-state index contributed by atoms with van der Waals surface area (Å²) >= 11 is 0. The quantitative estimate of drug-likeness (QED) is 0.468. The summed E-state index contributed by atoms with van der Waals surface area (Å²) in [5.41, 5.74) is 0.252. The van der Waals surface area contributed by atoms with E-state index in [0.29, 0.717) is 22.6 Å². The molecule has 1 aliphatic rings. The van der Waals surface area contributed by atoms with Crippen LogP contribution in [0.3, 0.4) is 0 Å². The topological polar surface area (TPSA) is 92.9 Å². The van der Waals surface area contributed by atoms with Gasteiger partial charge in [0.1, 0.15) is 5.75 Å². The molecule has 0 spiro atoms. The van der Waals surface area contributed by atoms with Crippen LogP contribution in [0.5, 0.6) is 5.75 Å². The summed E-state index contributed by atoms with van der Waals surface area (Å²) in [7, 11) is 1.52. The highest BCUT2D eigenvalue weighted by molar-refractivity contribution is 6.07. The summed E-state index contributed by atoms with van der Waals surface area (Å²) < 4.78 is 5.17. The normalized spacial score (nSPS) is 18.5. The van der Waals surface area contributed by atoms with Gasteiger partial charge in [0.05, 0.1) is 25.3 Å². The van der Waals surface area contributed by atoms with E-state index in [1.807, 2.05) is 30.3 Å². The van der Waals surface area contributed by atoms with Gasteiger partial charge in [0.2, 0.25) is 6.54 Å². The summed E-state index contributed by atoms with van der Waals surface area (Å²) in [6.45, 7) is -0.338. The van der Waals surface area contributed by atoms with Crippen molar-refractivity contribution in [2.75, 3.05) is 18.6 Å². The minimum absolute atomic E-state index is 0.257. The van der Waals surface area contributed by atoms with Crippen LogP contribution in [-0.2, 0) is 16.9 Å². The summed E-state index contributed by atoms with van der Waals surface area (Å²) in [5.74, 6) is -1.05. The van der Waals surface area contributed by atoms with Crippen LogP contribution < -0.4 is 9.64 Å². The molecular formula is C24H22N2O5. The maximum atomic E-state index is 13.6. The number of nitrogens with zero attached hydrogens (tertiary/aromatic N) is 2. The van der Waals surface area contributed by atoms with Gasteiger partial charge in [-0.05, 0) is 29.3 Å². The Labute approximate surface area is 179 Å². The Bertz CT molecular complexity index is 1100. The Hall–Kier alpha value is -3.71. The number of ether oxygens (including phenoxy) is 1. The predicted molar refractivity (Wildman–Crippen MR) is 116 cm³/mol. The molecule has 3 aromatic carbocycles. The molecule has 1 aliphatic heterocycles. The fraction of sp³-hybridized carbons (Fsp3) is 0.208. The molecule has 0 radical (unpaired) electrons. The first-order valence-corrected chi connectivity index (χ1v) is 9.88. The molecule has 0 fully saturated rings. The third-order valence-corrected chi connectivity index (χ3v) is 5.71. The fourth-order valence-electron chi connectivity index (χ4n) is 4.19. The Morgan fingerprint density at radius 3 is 2.32 bits per heavy atom. The summed E-state index contributed by atoms with van der Waals surface area (Å²) in [6, 6.07) is 23.0. The molecule has 3 aromatic rings. The number of para-hydroxylation sites is 1. The molecule has 1 N–H and O–H groups in total. The third-order valence-electron chi connectivity index (χ3n) is 5.71. The van der Waals surface area contributed by atoms with E-state index in [1.54, 1.807) is 48.5 Å². The lowest BCUT2D eigenvalue weighted by Gasteiger charge is -2.30. The molecule has 0 bridgehead atoms. The molecule has 2 atom stereocenters. The molecule has 0 unspecified atom stereocenters. The molecule has 0 aliphatic carbocycles. The van der Waals surface area contributed by atoms with Crippen molar-refractivity contribution in [3.05, 3.63) is 106 Å². The highest BCUT2D eigenvalue weighted by atomic mass is 16.6. The van der Waals surface area contributed by atoms with Crippen molar-refractivity contribution in [3.8, 4) is 5.75 Å². The Balaban J connectivity index is 1.81. The summed E-state index contributed by atoms with van der Waals surface area (Å²) in [4.78, 5) is 26.2. The second kappa shape index (κ2) is 8.20. The third kappa shape index (κ3) is 3.64. The number of carbonyl (C=O) groups is 1. The molecule has 1 amide bonds. The van der Waals surface area contributed by atoms with E-state index in [-0.39, 0.29) is 6.54 Å². The molecule has 4 rings (SSSR count). The van der Waals surface area contributed by atoms with Crippen LogP contribution in [0.2, 0.25) is 0 Å². The van der Waals surface area contributed by atoms with E-state index in [2.05, 4.69) is 0 Å². The Morgan fingerprint density at radius 1 is 1.03 bits per heavy atom. The number of carbonyl (C=O) groups excluding carboxylic acids is 1. The van der Waals surface area contributed by atoms with Crippen LogP contribution in [0, 0.1) is 10.1 Å². The highest BCUT2D eigenvalue weighted by Crippen LogP contribution is 2.48. The largest absolute Gasteiger partial charge is 0.497 e. The fourth-order valence-corrected chi connectivity index (χ4v) is 4.19. The number of rotatable bonds is 7. The molecule has 0 saturated carbocycles. The molecule has 0 aromatic heterocycles. The molecule has 7 heteroatoms. The standard InChI is InChI=1S/C24H22N2O5/c1-31-19-13-11-18(12-14-19)21(16-26(29)30)24(28)20-9-5-6-10-22(20)25(23(24)27)15-17-7-3-2-4-8-17/h2-14,21,28H,15-16H2,1H3/t21-,24+/m1/s1. The van der Waals surface area contributed by atoms with E-state index in [1.165, 1.54) is 12.0 Å². The molecule has 7 nitrogen and oxygen atoms in total. The first-order chi connectivity index (χ1) is 14.9. The molecular weight excluding hydrogens is 396 g/mol. The lowest BCUT2D eigenvalue weighted by Crippen LogP contribution is -2.46. The van der Waals surface area contributed by atoms with Gasteiger partial charge < -0.3 is 14.7 Å². The van der Waals surface area contributed by atoms with Crippen molar-refractivity contribution in [2.24, 2.45) is 0 Å². The van der Waals surface area contributed by atoms with E-state index in [9.17, 15) is 20.0 Å². The molecule has 1 heterocycles. The van der Waals surface area contributed by atoms with E-state index in [0.717, 1.165) is 5.56 Å². The Morgan fingerprint density at radius 2 is 1.68 bits per heavy atom. The minimum Gasteiger partial charge on any atom is -0.497 e. The maximum Gasteiger partial charge on any atom is 0.264 e. The van der Waals surface area contributed by atoms with Gasteiger partial charge in [-0.2, -0.15) is 0 Å². The first-order valence-electron chi connectivity index (χ1n) is 9.88. The van der Waals surface area contributed by atoms with Gasteiger partial charge in [0.25, 0.3) is 5.91 Å². The zero-order valence-corrected chi connectivity index (χ0v) is 17.0. The SMILES string of the molecule is COc1ccc([C@@H](C[N+](=O)[O-])[C@]2(O)C(=O)N(Cc3ccccc3)c3ccccc32)cc1. The van der Waals surface area contributed by atoms with Crippen LogP contribution in [0.1, 0.15) is 22.6 Å². The molecule has 0 saturated heterocycles. The number of hydrogen-bond donors (Lipinski definition) is 1. The number of amides is 1. The van der Waals surface area contributed by atoms with Crippen molar-refractivity contribution < 1.29 is 19.6 Å². The van der Waals surface area contributed by atoms with Crippen molar-refractivity contribution in [1.82, 2.24) is 0 Å². The monoisotopic (exact) mass is 418 g/mol. The van der Waals surface area contributed by atoms with Gasteiger partial charge in [-0.15, -0.1) is 0 Å². The lowest BCUT2D eigenvalue weighted by atomic mass is 9.78. The van der Waals surface area contributed by atoms with Gasteiger partial charge in [-0.3, -0.25) is 14.9 Å². The first kappa shape index (κ1) is 20.6. The van der Waals surface area contributed by atoms with Crippen molar-refractivity contribution in [3.63, 3.8) is 0 Å². The number of hydrogen-bond acceptors (Lipinski definition) is 5. The van der Waals surface area contributed by atoms with Crippen LogP contribution in [0.25, 0.3) is 0 Å². The second-order valence-corrected chi connectivity index (χ2v) is 7.50. The van der Waals surface area contributed by atoms with Gasteiger partial charge in [-0.1, -0.05) is 60.7 Å². The average Bonchev–Trinajstić information content (AvgIpc) is 3.01. The highest BCUT2D eigenvalue weighted by Gasteiger charge is 2.56. The number of nitro groups is 1. The predicted octanol–water partition coefficient (Wildman–Crippen LogP) is 3.49. The number of aliphatic hydroxyl groups is 1. The van der Waals surface area contributed by atoms with Crippen molar-refractivity contribution in [2.45, 2.75) is 18.1 Å². The van der Waals surface area contributed by atoms with Crippen LogP contribution >= 0.6 is 0 Å². The van der Waals surface area contributed by atoms with Crippen LogP contribution in [0.15, 0.2) is 78.9 Å². The van der Waals surface area contributed by atoms with Crippen molar-refractivity contribution in [1.29, 1.82) is 0 Å². The van der Waals surface area contributed by atoms with E-state index in [4.69, 9.17) is 4.74 Å².